The van der Waals surface area contributed by atoms with Gasteiger partial charge in [-0.25, -0.2) is 4.68 Å². The Morgan fingerprint density at radius 2 is 2.00 bits per heavy atom. The summed E-state index contributed by atoms with van der Waals surface area (Å²) in [5.41, 5.74) is 8.25. The van der Waals surface area contributed by atoms with Gasteiger partial charge in [0.05, 0.1) is 5.69 Å². The molecule has 0 atom stereocenters. The van der Waals surface area contributed by atoms with Crippen molar-refractivity contribution >= 4 is 5.69 Å². The number of nitrogens with two attached hydrogens (primary N) is 1. The van der Waals surface area contributed by atoms with E-state index < -0.39 is 0 Å². The molecule has 0 unspecified atom stereocenters. The molecule has 90 valence electrons. The van der Waals surface area contributed by atoms with Gasteiger partial charge in [-0.2, -0.15) is 0 Å². The van der Waals surface area contributed by atoms with Crippen LogP contribution in [0.2, 0.25) is 0 Å². The summed E-state index contributed by atoms with van der Waals surface area (Å²) in [6.07, 6.45) is 0.364. The lowest BCUT2D eigenvalue weighted by molar-refractivity contribution is 0.299. The molecule has 17 heavy (non-hydrogen) atoms. The summed E-state index contributed by atoms with van der Waals surface area (Å²) in [6, 6.07) is 7.03. The Hall–Kier alpha value is -2.01. The van der Waals surface area contributed by atoms with Crippen molar-refractivity contribution in [2.45, 2.75) is 13.3 Å². The van der Waals surface area contributed by atoms with Crippen LogP contribution < -0.4 is 11.3 Å². The summed E-state index contributed by atoms with van der Waals surface area (Å²) >= 11 is 0. The number of hydrogen-bond donors (Lipinski definition) is 3. The van der Waals surface area contributed by atoms with Gasteiger partial charge in [-0.3, -0.25) is 9.89 Å². The number of hydrogen-bond acceptors (Lipinski definition) is 3. The highest BCUT2D eigenvalue weighted by atomic mass is 16.3. The first-order valence-corrected chi connectivity index (χ1v) is 5.40. The van der Waals surface area contributed by atoms with Gasteiger partial charge in [0, 0.05) is 30.0 Å². The van der Waals surface area contributed by atoms with Crippen molar-refractivity contribution in [3.05, 3.63) is 45.9 Å². The molecule has 1 heterocycles. The van der Waals surface area contributed by atoms with Crippen LogP contribution in [0.3, 0.4) is 0 Å². The van der Waals surface area contributed by atoms with Crippen LogP contribution in [-0.2, 0) is 6.42 Å². The number of aliphatic hydroxyl groups excluding tert-OH is 1. The number of aromatic amines is 1. The maximum Gasteiger partial charge on any atom is 0.274 e. The second kappa shape index (κ2) is 4.47. The lowest BCUT2D eigenvalue weighted by Gasteiger charge is -2.01. The normalized spacial score (nSPS) is 10.7. The largest absolute Gasteiger partial charge is 0.399 e. The van der Waals surface area contributed by atoms with E-state index in [9.17, 15) is 4.79 Å². The highest BCUT2D eigenvalue weighted by Gasteiger charge is 2.11. The minimum Gasteiger partial charge on any atom is -0.399 e. The maximum atomic E-state index is 12.1. The van der Waals surface area contributed by atoms with Gasteiger partial charge in [0.15, 0.2) is 0 Å². The molecule has 0 aliphatic rings. The molecule has 2 aromatic rings. The molecule has 0 saturated carbocycles. The summed E-state index contributed by atoms with van der Waals surface area (Å²) in [5, 5.41) is 11.9. The lowest BCUT2D eigenvalue weighted by Crippen LogP contribution is -2.18. The third kappa shape index (κ3) is 2.09. The Bertz CT molecular complexity index is 566. The molecule has 0 aliphatic heterocycles. The van der Waals surface area contributed by atoms with Crippen LogP contribution in [0.25, 0.3) is 5.69 Å². The molecular formula is C12H15N3O2. The summed E-state index contributed by atoms with van der Waals surface area (Å²) in [5.74, 6) is 0. The minimum atomic E-state index is -0.124. The highest BCUT2D eigenvalue weighted by Crippen LogP contribution is 2.10. The number of nitrogens with one attached hydrogen (secondary N) is 1. The van der Waals surface area contributed by atoms with Crippen LogP contribution in [0, 0.1) is 6.92 Å². The Labute approximate surface area is 98.5 Å². The number of anilines is 1. The monoisotopic (exact) mass is 233 g/mol. The molecule has 0 fully saturated rings. The SMILES string of the molecule is Cc1[nH]n(-c2ccc(N)cc2)c(=O)c1CCO. The topological polar surface area (TPSA) is 84.0 Å². The van der Waals surface area contributed by atoms with E-state index >= 15 is 0 Å². The van der Waals surface area contributed by atoms with Gasteiger partial charge in [0.1, 0.15) is 0 Å². The van der Waals surface area contributed by atoms with E-state index in [1.54, 1.807) is 24.3 Å². The second-order valence-electron chi connectivity index (χ2n) is 3.92. The molecule has 0 amide bonds. The van der Waals surface area contributed by atoms with Crippen LogP contribution >= 0.6 is 0 Å². The third-order valence-electron chi connectivity index (χ3n) is 2.71. The van der Waals surface area contributed by atoms with Crippen molar-refractivity contribution in [1.82, 2.24) is 9.78 Å². The van der Waals surface area contributed by atoms with Crippen LogP contribution in [0.5, 0.6) is 0 Å². The Morgan fingerprint density at radius 3 is 2.59 bits per heavy atom. The molecular weight excluding hydrogens is 218 g/mol. The third-order valence-corrected chi connectivity index (χ3v) is 2.71. The van der Waals surface area contributed by atoms with Crippen molar-refractivity contribution in [2.24, 2.45) is 0 Å². The predicted molar refractivity (Wildman–Crippen MR) is 66.3 cm³/mol. The molecule has 0 radical (unpaired) electrons. The van der Waals surface area contributed by atoms with Gasteiger partial charge in [-0.1, -0.05) is 0 Å². The van der Waals surface area contributed by atoms with Gasteiger partial charge in [0.2, 0.25) is 0 Å². The number of rotatable bonds is 3. The summed E-state index contributed by atoms with van der Waals surface area (Å²) in [6.45, 7) is 1.79. The maximum absolute atomic E-state index is 12.1. The van der Waals surface area contributed by atoms with Crippen molar-refractivity contribution in [3.63, 3.8) is 0 Å². The number of aliphatic hydroxyl groups is 1. The standard InChI is InChI=1S/C12H15N3O2/c1-8-11(6-7-16)12(17)15(14-8)10-4-2-9(13)3-5-10/h2-5,14,16H,6-7,13H2,1H3. The van der Waals surface area contributed by atoms with Gasteiger partial charge in [-0.15, -0.1) is 0 Å². The molecule has 0 saturated heterocycles. The molecule has 0 spiro atoms. The van der Waals surface area contributed by atoms with E-state index in [-0.39, 0.29) is 12.2 Å². The molecule has 4 N–H and O–H groups in total. The fraction of sp³-hybridized carbons (Fsp3) is 0.250. The van der Waals surface area contributed by atoms with E-state index in [4.69, 9.17) is 10.8 Å². The zero-order valence-electron chi connectivity index (χ0n) is 9.60. The fourth-order valence-electron chi connectivity index (χ4n) is 1.79. The summed E-state index contributed by atoms with van der Waals surface area (Å²) in [4.78, 5) is 12.1. The molecule has 2 rings (SSSR count). The second-order valence-corrected chi connectivity index (χ2v) is 3.92. The molecule has 5 nitrogen and oxygen atoms in total. The van der Waals surface area contributed by atoms with Crippen LogP contribution in [0.4, 0.5) is 5.69 Å². The smallest absolute Gasteiger partial charge is 0.274 e. The van der Waals surface area contributed by atoms with Gasteiger partial charge in [0.25, 0.3) is 5.56 Å². The molecule has 0 bridgehead atoms. The van der Waals surface area contributed by atoms with E-state index in [0.717, 1.165) is 11.4 Å². The number of H-pyrrole nitrogens is 1. The first kappa shape index (κ1) is 11.5. The zero-order chi connectivity index (χ0) is 12.4. The van der Waals surface area contributed by atoms with Crippen molar-refractivity contribution in [3.8, 4) is 5.69 Å². The van der Waals surface area contributed by atoms with Crippen LogP contribution in [0.1, 0.15) is 11.3 Å². The van der Waals surface area contributed by atoms with Gasteiger partial charge in [-0.05, 0) is 31.2 Å². The number of nitrogens with zero attached hydrogens (tertiary/aromatic N) is 1. The Kier molecular flexibility index (Phi) is 3.01. The molecule has 0 aliphatic carbocycles. The van der Waals surface area contributed by atoms with Crippen molar-refractivity contribution < 1.29 is 5.11 Å². The average Bonchev–Trinajstić information content (AvgIpc) is 2.59. The van der Waals surface area contributed by atoms with Crippen LogP contribution in [0.15, 0.2) is 29.1 Å². The summed E-state index contributed by atoms with van der Waals surface area (Å²) in [7, 11) is 0. The van der Waals surface area contributed by atoms with Gasteiger partial charge >= 0.3 is 0 Å². The predicted octanol–water partition coefficient (Wildman–Crippen LogP) is 0.591. The van der Waals surface area contributed by atoms with Crippen LogP contribution in [-0.4, -0.2) is 21.5 Å². The molecule has 1 aromatic carbocycles. The number of aryl methyl sites for hydroxylation is 1. The van der Waals surface area contributed by atoms with Crippen molar-refractivity contribution in [1.29, 1.82) is 0 Å². The number of nitrogen functional groups attached to an aromatic ring is 1. The fourth-order valence-corrected chi connectivity index (χ4v) is 1.79. The molecule has 5 heteroatoms. The van der Waals surface area contributed by atoms with Crippen molar-refractivity contribution in [2.75, 3.05) is 12.3 Å². The number of aromatic nitrogens is 2. The van der Waals surface area contributed by atoms with E-state index in [2.05, 4.69) is 5.10 Å². The Balaban J connectivity index is 2.50. The van der Waals surface area contributed by atoms with Gasteiger partial charge < -0.3 is 10.8 Å². The van der Waals surface area contributed by atoms with E-state index in [0.29, 0.717) is 17.7 Å². The quantitative estimate of drug-likeness (QED) is 0.678. The first-order chi connectivity index (χ1) is 8.13. The average molecular weight is 233 g/mol. The lowest BCUT2D eigenvalue weighted by atomic mass is 10.2. The van der Waals surface area contributed by atoms with E-state index in [1.165, 1.54) is 4.68 Å². The summed E-state index contributed by atoms with van der Waals surface area (Å²) < 4.78 is 1.46. The minimum absolute atomic E-state index is 0.0321. The number of benzene rings is 1. The molecule has 1 aromatic heterocycles. The zero-order valence-corrected chi connectivity index (χ0v) is 9.60. The highest BCUT2D eigenvalue weighted by molar-refractivity contribution is 5.45. The Morgan fingerprint density at radius 1 is 1.35 bits per heavy atom. The first-order valence-electron chi connectivity index (χ1n) is 5.40. The van der Waals surface area contributed by atoms with E-state index in [1.807, 2.05) is 6.92 Å².